The largest absolute Gasteiger partial charge is 0.481 e. The lowest BCUT2D eigenvalue weighted by Gasteiger charge is -2.11. The number of carbonyl (C=O) groups is 1. The van der Waals surface area contributed by atoms with Gasteiger partial charge in [0.1, 0.15) is 0 Å². The Morgan fingerprint density at radius 1 is 1.41 bits per heavy atom. The minimum atomic E-state index is -0.792. The molecule has 0 spiro atoms. The molecular weight excluding hydrogens is 216 g/mol. The predicted octanol–water partition coefficient (Wildman–Crippen LogP) is 2.03. The minimum absolute atomic E-state index is 0.0448. The van der Waals surface area contributed by atoms with Crippen LogP contribution in [0.4, 0.5) is 0 Å². The normalized spacial score (nSPS) is 12.1. The lowest BCUT2D eigenvalue weighted by Crippen LogP contribution is -2.27. The maximum absolute atomic E-state index is 10.5. The minimum Gasteiger partial charge on any atom is -0.481 e. The van der Waals surface area contributed by atoms with Crippen molar-refractivity contribution in [1.29, 1.82) is 5.41 Å². The smallest absolute Gasteiger partial charge is 0.304 e. The standard InChI is InChI=1S/C13H18N2O2/c1-9(7-13(16)17)15-8-11-3-5-12(6-4-11)10(2)14/h3-6,9,14-15H,7-8H2,1-2H3,(H,16,17). The third kappa shape index (κ3) is 4.78. The van der Waals surface area contributed by atoms with E-state index in [9.17, 15) is 4.79 Å². The molecule has 0 saturated heterocycles. The fourth-order valence-corrected chi connectivity index (χ4v) is 1.50. The molecule has 0 aromatic heterocycles. The van der Waals surface area contributed by atoms with Gasteiger partial charge >= 0.3 is 5.97 Å². The van der Waals surface area contributed by atoms with Gasteiger partial charge in [-0.2, -0.15) is 0 Å². The zero-order valence-electron chi connectivity index (χ0n) is 10.2. The third-order valence-electron chi connectivity index (χ3n) is 2.52. The van der Waals surface area contributed by atoms with Crippen molar-refractivity contribution in [2.45, 2.75) is 32.9 Å². The monoisotopic (exact) mass is 234 g/mol. The van der Waals surface area contributed by atoms with Gasteiger partial charge in [0.2, 0.25) is 0 Å². The van der Waals surface area contributed by atoms with Crippen molar-refractivity contribution in [1.82, 2.24) is 5.32 Å². The number of carboxylic acids is 1. The highest BCUT2D eigenvalue weighted by molar-refractivity contribution is 5.96. The van der Waals surface area contributed by atoms with E-state index >= 15 is 0 Å². The lowest BCUT2D eigenvalue weighted by molar-refractivity contribution is -0.137. The topological polar surface area (TPSA) is 73.2 Å². The molecular formula is C13H18N2O2. The molecule has 0 aliphatic rings. The first-order valence-corrected chi connectivity index (χ1v) is 5.58. The van der Waals surface area contributed by atoms with Crippen LogP contribution in [0.3, 0.4) is 0 Å². The Kier molecular flexibility index (Phi) is 4.84. The molecule has 0 radical (unpaired) electrons. The highest BCUT2D eigenvalue weighted by Crippen LogP contribution is 2.05. The van der Waals surface area contributed by atoms with Crippen LogP contribution in [-0.2, 0) is 11.3 Å². The van der Waals surface area contributed by atoms with Crippen LogP contribution in [0.15, 0.2) is 24.3 Å². The first-order valence-electron chi connectivity index (χ1n) is 5.58. The Morgan fingerprint density at radius 3 is 2.47 bits per heavy atom. The molecule has 0 saturated carbocycles. The summed E-state index contributed by atoms with van der Waals surface area (Å²) in [6.45, 7) is 4.25. The summed E-state index contributed by atoms with van der Waals surface area (Å²) in [6, 6.07) is 7.67. The number of aliphatic carboxylic acids is 1. The number of rotatable bonds is 6. The molecule has 4 nitrogen and oxygen atoms in total. The van der Waals surface area contributed by atoms with E-state index in [1.165, 1.54) is 0 Å². The second-order valence-electron chi connectivity index (χ2n) is 4.20. The molecule has 0 aliphatic heterocycles. The molecule has 92 valence electrons. The molecule has 3 N–H and O–H groups in total. The summed E-state index contributed by atoms with van der Waals surface area (Å²) in [5.41, 5.74) is 2.54. The van der Waals surface area contributed by atoms with Crippen molar-refractivity contribution in [3.63, 3.8) is 0 Å². The van der Waals surface area contributed by atoms with Crippen molar-refractivity contribution < 1.29 is 9.90 Å². The van der Waals surface area contributed by atoms with Gasteiger partial charge in [-0.3, -0.25) is 4.79 Å². The van der Waals surface area contributed by atoms with Gasteiger partial charge in [-0.1, -0.05) is 24.3 Å². The van der Waals surface area contributed by atoms with Crippen molar-refractivity contribution in [2.24, 2.45) is 0 Å². The molecule has 1 unspecified atom stereocenters. The summed E-state index contributed by atoms with van der Waals surface area (Å²) >= 11 is 0. The van der Waals surface area contributed by atoms with Crippen LogP contribution in [0.25, 0.3) is 0 Å². The SMILES string of the molecule is CC(=N)c1ccc(CNC(C)CC(=O)O)cc1. The summed E-state index contributed by atoms with van der Waals surface area (Å²) < 4.78 is 0. The van der Waals surface area contributed by atoms with Crippen LogP contribution in [0, 0.1) is 5.41 Å². The Morgan fingerprint density at radius 2 is 2.00 bits per heavy atom. The molecule has 4 heteroatoms. The van der Waals surface area contributed by atoms with E-state index in [1.807, 2.05) is 31.2 Å². The highest BCUT2D eigenvalue weighted by Gasteiger charge is 2.06. The molecule has 0 heterocycles. The third-order valence-corrected chi connectivity index (χ3v) is 2.52. The van der Waals surface area contributed by atoms with Crippen LogP contribution in [0.5, 0.6) is 0 Å². The summed E-state index contributed by atoms with van der Waals surface area (Å²) in [6.07, 6.45) is 0.123. The van der Waals surface area contributed by atoms with E-state index in [1.54, 1.807) is 6.92 Å². The van der Waals surface area contributed by atoms with Crippen LogP contribution >= 0.6 is 0 Å². The quantitative estimate of drug-likeness (QED) is 0.659. The van der Waals surface area contributed by atoms with Gasteiger partial charge in [0.25, 0.3) is 0 Å². The summed E-state index contributed by atoms with van der Waals surface area (Å²) in [5.74, 6) is -0.792. The first-order chi connectivity index (χ1) is 7.99. The van der Waals surface area contributed by atoms with Gasteiger partial charge in [-0.25, -0.2) is 0 Å². The average molecular weight is 234 g/mol. The zero-order chi connectivity index (χ0) is 12.8. The summed E-state index contributed by atoms with van der Waals surface area (Å²) in [5, 5.41) is 19.2. The fraction of sp³-hybridized carbons (Fsp3) is 0.385. The number of hydrogen-bond acceptors (Lipinski definition) is 3. The predicted molar refractivity (Wildman–Crippen MR) is 67.5 cm³/mol. The molecule has 1 aromatic carbocycles. The van der Waals surface area contributed by atoms with Crippen LogP contribution in [0.2, 0.25) is 0 Å². The zero-order valence-corrected chi connectivity index (χ0v) is 10.2. The van der Waals surface area contributed by atoms with Crippen LogP contribution in [0.1, 0.15) is 31.4 Å². The van der Waals surface area contributed by atoms with Crippen LogP contribution < -0.4 is 5.32 Å². The first kappa shape index (κ1) is 13.4. The average Bonchev–Trinajstić information content (AvgIpc) is 2.26. The fourth-order valence-electron chi connectivity index (χ4n) is 1.50. The molecule has 0 fully saturated rings. The number of carboxylic acid groups (broad SMARTS) is 1. The van der Waals surface area contributed by atoms with Crippen molar-refractivity contribution in [2.75, 3.05) is 0 Å². The van der Waals surface area contributed by atoms with Gasteiger partial charge in [-0.15, -0.1) is 0 Å². The molecule has 1 rings (SSSR count). The molecule has 17 heavy (non-hydrogen) atoms. The summed E-state index contributed by atoms with van der Waals surface area (Å²) in [4.78, 5) is 10.5. The molecule has 0 bridgehead atoms. The van der Waals surface area contributed by atoms with Gasteiger partial charge in [0, 0.05) is 18.3 Å². The summed E-state index contributed by atoms with van der Waals surface area (Å²) in [7, 11) is 0. The van der Waals surface area contributed by atoms with Crippen LogP contribution in [-0.4, -0.2) is 22.8 Å². The van der Waals surface area contributed by atoms with Crippen molar-refractivity contribution in [3.8, 4) is 0 Å². The van der Waals surface area contributed by atoms with E-state index in [0.717, 1.165) is 11.1 Å². The lowest BCUT2D eigenvalue weighted by atomic mass is 10.1. The molecule has 0 amide bonds. The van der Waals surface area contributed by atoms with E-state index in [0.29, 0.717) is 12.3 Å². The van der Waals surface area contributed by atoms with E-state index in [-0.39, 0.29) is 12.5 Å². The van der Waals surface area contributed by atoms with Crippen molar-refractivity contribution >= 4 is 11.7 Å². The Balaban J connectivity index is 2.47. The van der Waals surface area contributed by atoms with Gasteiger partial charge < -0.3 is 15.8 Å². The van der Waals surface area contributed by atoms with E-state index in [4.69, 9.17) is 10.5 Å². The maximum Gasteiger partial charge on any atom is 0.304 e. The second kappa shape index (κ2) is 6.15. The van der Waals surface area contributed by atoms with Crippen molar-refractivity contribution in [3.05, 3.63) is 35.4 Å². The molecule has 1 aromatic rings. The van der Waals surface area contributed by atoms with Gasteiger partial charge in [-0.05, 0) is 25.0 Å². The highest BCUT2D eigenvalue weighted by atomic mass is 16.4. The maximum atomic E-state index is 10.5. The Labute approximate surface area is 101 Å². The molecule has 1 atom stereocenters. The number of nitrogens with one attached hydrogen (secondary N) is 2. The Hall–Kier alpha value is -1.68. The number of hydrogen-bond donors (Lipinski definition) is 3. The van der Waals surface area contributed by atoms with E-state index in [2.05, 4.69) is 5.32 Å². The molecule has 0 aliphatic carbocycles. The Bertz CT molecular complexity index is 398. The van der Waals surface area contributed by atoms with E-state index < -0.39 is 5.97 Å². The van der Waals surface area contributed by atoms with Gasteiger partial charge in [0.15, 0.2) is 0 Å². The second-order valence-corrected chi connectivity index (χ2v) is 4.20. The van der Waals surface area contributed by atoms with Gasteiger partial charge in [0.05, 0.1) is 6.42 Å². The number of benzene rings is 1.